The number of hydrogen-bond donors (Lipinski definition) is 2. The zero-order chi connectivity index (χ0) is 7.11. The van der Waals surface area contributed by atoms with Crippen molar-refractivity contribution in [1.29, 1.82) is 0 Å². The third kappa shape index (κ3) is 7.17. The molecule has 0 unspecified atom stereocenters. The SMILES string of the molecule is NCC/C=C/CC(=O)O. The van der Waals surface area contributed by atoms with E-state index in [9.17, 15) is 4.79 Å². The Hall–Kier alpha value is -0.830. The molecule has 0 saturated heterocycles. The van der Waals surface area contributed by atoms with Gasteiger partial charge in [-0.25, -0.2) is 0 Å². The van der Waals surface area contributed by atoms with Gasteiger partial charge in [0.15, 0.2) is 0 Å². The van der Waals surface area contributed by atoms with E-state index in [-0.39, 0.29) is 6.42 Å². The highest BCUT2D eigenvalue weighted by Gasteiger charge is 1.86. The van der Waals surface area contributed by atoms with Gasteiger partial charge in [-0.3, -0.25) is 4.79 Å². The Morgan fingerprint density at radius 1 is 1.56 bits per heavy atom. The summed E-state index contributed by atoms with van der Waals surface area (Å²) in [5, 5.41) is 8.13. The highest BCUT2D eigenvalue weighted by molar-refractivity contribution is 5.68. The first-order valence-corrected chi connectivity index (χ1v) is 2.84. The molecule has 0 radical (unpaired) electrons. The maximum absolute atomic E-state index is 9.88. The van der Waals surface area contributed by atoms with Crippen LogP contribution in [0.4, 0.5) is 0 Å². The molecule has 0 rings (SSSR count). The normalized spacial score (nSPS) is 10.3. The summed E-state index contributed by atoms with van der Waals surface area (Å²) in [6.07, 6.45) is 4.23. The fourth-order valence-corrected chi connectivity index (χ4v) is 0.398. The molecule has 0 aliphatic rings. The largest absolute Gasteiger partial charge is 0.481 e. The topological polar surface area (TPSA) is 63.3 Å². The smallest absolute Gasteiger partial charge is 0.307 e. The van der Waals surface area contributed by atoms with Crippen molar-refractivity contribution in [3.05, 3.63) is 12.2 Å². The third-order valence-electron chi connectivity index (χ3n) is 0.792. The van der Waals surface area contributed by atoms with E-state index in [1.165, 1.54) is 0 Å². The van der Waals surface area contributed by atoms with E-state index in [4.69, 9.17) is 10.8 Å². The number of carboxylic acid groups (broad SMARTS) is 1. The van der Waals surface area contributed by atoms with Crippen LogP contribution in [0.25, 0.3) is 0 Å². The van der Waals surface area contributed by atoms with E-state index in [1.54, 1.807) is 12.2 Å². The molecule has 0 aromatic rings. The van der Waals surface area contributed by atoms with Crippen LogP contribution in [0.2, 0.25) is 0 Å². The van der Waals surface area contributed by atoms with Gasteiger partial charge >= 0.3 is 5.97 Å². The summed E-state index contributed by atoms with van der Waals surface area (Å²) in [5.74, 6) is -0.803. The van der Waals surface area contributed by atoms with Crippen molar-refractivity contribution in [1.82, 2.24) is 0 Å². The highest BCUT2D eigenvalue weighted by atomic mass is 16.4. The zero-order valence-electron chi connectivity index (χ0n) is 5.21. The first kappa shape index (κ1) is 8.17. The van der Waals surface area contributed by atoms with Gasteiger partial charge in [-0.05, 0) is 13.0 Å². The molecule has 0 aliphatic carbocycles. The second kappa shape index (κ2) is 5.31. The van der Waals surface area contributed by atoms with Gasteiger partial charge in [0.25, 0.3) is 0 Å². The summed E-state index contributed by atoms with van der Waals surface area (Å²) in [7, 11) is 0. The number of hydrogen-bond acceptors (Lipinski definition) is 2. The van der Waals surface area contributed by atoms with Crippen LogP contribution in [0, 0.1) is 0 Å². The first-order valence-electron chi connectivity index (χ1n) is 2.84. The van der Waals surface area contributed by atoms with Crippen molar-refractivity contribution in [3.63, 3.8) is 0 Å². The third-order valence-corrected chi connectivity index (χ3v) is 0.792. The van der Waals surface area contributed by atoms with Crippen molar-refractivity contribution in [3.8, 4) is 0 Å². The lowest BCUT2D eigenvalue weighted by Crippen LogP contribution is -1.95. The summed E-state index contributed by atoms with van der Waals surface area (Å²) in [4.78, 5) is 9.88. The van der Waals surface area contributed by atoms with Gasteiger partial charge in [0.1, 0.15) is 0 Å². The minimum atomic E-state index is -0.803. The fraction of sp³-hybridized carbons (Fsp3) is 0.500. The molecule has 0 aromatic heterocycles. The maximum atomic E-state index is 9.88. The molecule has 0 aliphatic heterocycles. The Kier molecular flexibility index (Phi) is 4.82. The molecule has 0 atom stereocenters. The van der Waals surface area contributed by atoms with Gasteiger partial charge in [-0.2, -0.15) is 0 Å². The van der Waals surface area contributed by atoms with Crippen LogP contribution in [0.3, 0.4) is 0 Å². The van der Waals surface area contributed by atoms with E-state index in [0.717, 1.165) is 6.42 Å². The summed E-state index contributed by atoms with van der Waals surface area (Å²) in [6, 6.07) is 0. The second-order valence-corrected chi connectivity index (χ2v) is 1.65. The summed E-state index contributed by atoms with van der Waals surface area (Å²) >= 11 is 0. The Morgan fingerprint density at radius 2 is 2.22 bits per heavy atom. The van der Waals surface area contributed by atoms with Crippen LogP contribution in [0.15, 0.2) is 12.2 Å². The molecule has 9 heavy (non-hydrogen) atoms. The van der Waals surface area contributed by atoms with Gasteiger partial charge in [0.05, 0.1) is 6.42 Å². The predicted molar refractivity (Wildman–Crippen MR) is 35.1 cm³/mol. The van der Waals surface area contributed by atoms with E-state index < -0.39 is 5.97 Å². The number of carbonyl (C=O) groups is 1. The molecule has 3 heteroatoms. The molecular weight excluding hydrogens is 118 g/mol. The van der Waals surface area contributed by atoms with Crippen LogP contribution >= 0.6 is 0 Å². The van der Waals surface area contributed by atoms with Crippen molar-refractivity contribution in [2.24, 2.45) is 5.73 Å². The van der Waals surface area contributed by atoms with Gasteiger partial charge < -0.3 is 10.8 Å². The summed E-state index contributed by atoms with van der Waals surface area (Å²) in [5.41, 5.74) is 5.15. The number of rotatable bonds is 4. The minimum Gasteiger partial charge on any atom is -0.481 e. The summed E-state index contributed by atoms with van der Waals surface area (Å²) < 4.78 is 0. The molecule has 3 N–H and O–H groups in total. The molecule has 0 amide bonds. The van der Waals surface area contributed by atoms with Crippen LogP contribution < -0.4 is 5.73 Å². The molecule has 0 fully saturated rings. The van der Waals surface area contributed by atoms with Crippen LogP contribution in [0.5, 0.6) is 0 Å². The zero-order valence-corrected chi connectivity index (χ0v) is 5.21. The quantitative estimate of drug-likeness (QED) is 0.539. The van der Waals surface area contributed by atoms with Crippen LogP contribution in [-0.2, 0) is 4.79 Å². The standard InChI is InChI=1S/C6H11NO2/c7-5-3-1-2-4-6(8)9/h1-2H,3-5,7H2,(H,8,9)/b2-1+. The average Bonchev–Trinajstić information content (AvgIpc) is 1.80. The number of nitrogens with two attached hydrogens (primary N) is 1. The van der Waals surface area contributed by atoms with Gasteiger partial charge in [-0.1, -0.05) is 12.2 Å². The molecule has 0 bridgehead atoms. The minimum absolute atomic E-state index is 0.0972. The van der Waals surface area contributed by atoms with Crippen molar-refractivity contribution >= 4 is 5.97 Å². The molecule has 3 nitrogen and oxygen atoms in total. The van der Waals surface area contributed by atoms with E-state index in [2.05, 4.69) is 0 Å². The maximum Gasteiger partial charge on any atom is 0.307 e. The van der Waals surface area contributed by atoms with Crippen molar-refractivity contribution in [2.45, 2.75) is 12.8 Å². The molecule has 0 saturated carbocycles. The Labute approximate surface area is 54.2 Å². The Morgan fingerprint density at radius 3 is 2.67 bits per heavy atom. The van der Waals surface area contributed by atoms with Crippen molar-refractivity contribution < 1.29 is 9.90 Å². The molecular formula is C6H11NO2. The fourth-order valence-electron chi connectivity index (χ4n) is 0.398. The Bertz CT molecular complexity index is 110. The predicted octanol–water partition coefficient (Wildman–Crippen LogP) is 0.366. The average molecular weight is 129 g/mol. The molecule has 0 aromatic carbocycles. The first-order chi connectivity index (χ1) is 4.27. The van der Waals surface area contributed by atoms with Crippen LogP contribution in [-0.4, -0.2) is 17.6 Å². The van der Waals surface area contributed by atoms with Gasteiger partial charge in [0.2, 0.25) is 0 Å². The monoisotopic (exact) mass is 129 g/mol. The van der Waals surface area contributed by atoms with Crippen LogP contribution in [0.1, 0.15) is 12.8 Å². The Balaban J connectivity index is 3.14. The van der Waals surface area contributed by atoms with E-state index >= 15 is 0 Å². The van der Waals surface area contributed by atoms with E-state index in [0.29, 0.717) is 6.54 Å². The lowest BCUT2D eigenvalue weighted by atomic mass is 10.3. The van der Waals surface area contributed by atoms with Crippen molar-refractivity contribution in [2.75, 3.05) is 6.54 Å². The van der Waals surface area contributed by atoms with Gasteiger partial charge in [0, 0.05) is 0 Å². The highest BCUT2D eigenvalue weighted by Crippen LogP contribution is 1.84. The molecule has 52 valence electrons. The number of carboxylic acids is 1. The van der Waals surface area contributed by atoms with E-state index in [1.807, 2.05) is 0 Å². The molecule has 0 heterocycles. The second-order valence-electron chi connectivity index (χ2n) is 1.65. The number of aliphatic carboxylic acids is 1. The van der Waals surface area contributed by atoms with Gasteiger partial charge in [-0.15, -0.1) is 0 Å². The summed E-state index contributed by atoms with van der Waals surface area (Å²) in [6.45, 7) is 0.579. The lowest BCUT2D eigenvalue weighted by Gasteiger charge is -1.83. The molecule has 0 spiro atoms. The lowest BCUT2D eigenvalue weighted by molar-refractivity contribution is -0.136.